The largest absolute Gasteiger partial charge is 0.545 e. The van der Waals surface area contributed by atoms with Gasteiger partial charge in [-0.15, -0.1) is 0 Å². The number of esters is 2. The number of nitrogens with zero attached hydrogens (tertiary/aromatic N) is 1. The van der Waals surface area contributed by atoms with Crippen LogP contribution in [0.4, 0.5) is 0 Å². The average molecular weight is 1210 g/mol. The molecule has 9 nitrogen and oxygen atoms in total. The van der Waals surface area contributed by atoms with E-state index >= 15 is 0 Å². The van der Waals surface area contributed by atoms with Gasteiger partial charge in [0.2, 0.25) is 0 Å². The SMILES string of the molecule is CC/C=C\C/C=C\C/C=C\C/C=C\C/C=C\CCCCCCCCCCCCCCCCCCCC(=O)OC(COC(=O)CCCCCCCCCCCCCCCCCCCCCCCCCCCCCC)COC(OCC[N+](C)(C)C)C(=O)[O-]. The second kappa shape index (κ2) is 67.9. The Hall–Kier alpha value is -3.01. The van der Waals surface area contributed by atoms with Gasteiger partial charge in [0.15, 0.2) is 12.4 Å². The summed E-state index contributed by atoms with van der Waals surface area (Å²) in [5.74, 6) is -2.26. The van der Waals surface area contributed by atoms with E-state index < -0.39 is 24.3 Å². The maximum atomic E-state index is 12.9. The third-order valence-corrected chi connectivity index (χ3v) is 16.5. The highest BCUT2D eigenvalue weighted by Crippen LogP contribution is 2.19. The zero-order chi connectivity index (χ0) is 62.6. The van der Waals surface area contributed by atoms with Crippen molar-refractivity contribution in [1.29, 1.82) is 0 Å². The number of aliphatic carboxylic acids is 1. The summed E-state index contributed by atoms with van der Waals surface area (Å²) < 4.78 is 22.8. The third kappa shape index (κ3) is 68.5. The van der Waals surface area contributed by atoms with Crippen molar-refractivity contribution in [2.75, 3.05) is 47.5 Å². The van der Waals surface area contributed by atoms with Crippen LogP contribution in [-0.2, 0) is 33.3 Å². The van der Waals surface area contributed by atoms with Crippen molar-refractivity contribution in [3.8, 4) is 0 Å². The first kappa shape index (κ1) is 83.0. The van der Waals surface area contributed by atoms with Gasteiger partial charge in [0, 0.05) is 12.8 Å². The minimum Gasteiger partial charge on any atom is -0.545 e. The molecule has 9 heteroatoms. The van der Waals surface area contributed by atoms with E-state index in [2.05, 4.69) is 74.6 Å². The van der Waals surface area contributed by atoms with Crippen molar-refractivity contribution < 1.29 is 42.9 Å². The van der Waals surface area contributed by atoms with Crippen LogP contribution in [-0.4, -0.2) is 82.3 Å². The van der Waals surface area contributed by atoms with Crippen LogP contribution in [0.2, 0.25) is 0 Å². The van der Waals surface area contributed by atoms with Crippen molar-refractivity contribution in [2.24, 2.45) is 0 Å². The average Bonchev–Trinajstić information content (AvgIpc) is 3.64. The number of carboxylic acids is 1. The summed E-state index contributed by atoms with van der Waals surface area (Å²) in [7, 11) is 5.94. The summed E-state index contributed by atoms with van der Waals surface area (Å²) in [6.45, 7) is 4.70. The molecule has 86 heavy (non-hydrogen) atoms. The van der Waals surface area contributed by atoms with Gasteiger partial charge < -0.3 is 33.3 Å². The molecular weight excluding hydrogens is 1070 g/mol. The van der Waals surface area contributed by atoms with E-state index in [1.54, 1.807) is 0 Å². The molecule has 0 N–H and O–H groups in total. The molecule has 0 heterocycles. The van der Waals surface area contributed by atoms with Crippen molar-refractivity contribution >= 4 is 17.9 Å². The quantitative estimate of drug-likeness (QED) is 0.0195. The fraction of sp³-hybridized carbons (Fsp3) is 0.831. The molecule has 0 aromatic rings. The minimum atomic E-state index is -1.62. The molecule has 0 spiro atoms. The Kier molecular flexibility index (Phi) is 65.5. The molecule has 2 atom stereocenters. The topological polar surface area (TPSA) is 111 Å². The summed E-state index contributed by atoms with van der Waals surface area (Å²) in [5, 5.41) is 11.8. The lowest BCUT2D eigenvalue weighted by Gasteiger charge is -2.26. The lowest BCUT2D eigenvalue weighted by Crippen LogP contribution is -2.44. The van der Waals surface area contributed by atoms with Crippen LogP contribution >= 0.6 is 0 Å². The Bertz CT molecular complexity index is 1600. The van der Waals surface area contributed by atoms with Crippen LogP contribution in [0.5, 0.6) is 0 Å². The summed E-state index contributed by atoms with van der Waals surface area (Å²) >= 11 is 0. The van der Waals surface area contributed by atoms with Gasteiger partial charge in [0.1, 0.15) is 13.2 Å². The normalized spacial score (nSPS) is 13.0. The van der Waals surface area contributed by atoms with Gasteiger partial charge in [-0.1, -0.05) is 344 Å². The van der Waals surface area contributed by atoms with E-state index in [0.717, 1.165) is 64.2 Å². The summed E-state index contributed by atoms with van der Waals surface area (Å²) in [6.07, 6.45) is 86.1. The molecule has 0 aliphatic heterocycles. The number of allylic oxidation sites excluding steroid dienone is 10. The number of ether oxygens (including phenoxy) is 4. The molecular formula is C77H141NO8. The molecule has 0 aromatic carbocycles. The zero-order valence-electron chi connectivity index (χ0n) is 57.4. The number of quaternary nitrogens is 1. The monoisotopic (exact) mass is 1210 g/mol. The van der Waals surface area contributed by atoms with E-state index in [4.69, 9.17) is 18.9 Å². The van der Waals surface area contributed by atoms with E-state index in [1.165, 1.54) is 257 Å². The molecule has 0 aliphatic carbocycles. The molecule has 0 saturated heterocycles. The highest BCUT2D eigenvalue weighted by molar-refractivity contribution is 5.70. The minimum absolute atomic E-state index is 0.149. The van der Waals surface area contributed by atoms with Crippen molar-refractivity contribution in [3.63, 3.8) is 0 Å². The molecule has 0 bridgehead atoms. The fourth-order valence-electron chi connectivity index (χ4n) is 10.9. The van der Waals surface area contributed by atoms with Crippen LogP contribution in [0.15, 0.2) is 60.8 Å². The lowest BCUT2D eigenvalue weighted by atomic mass is 10.0. The van der Waals surface area contributed by atoms with Gasteiger partial charge in [-0.3, -0.25) is 9.59 Å². The van der Waals surface area contributed by atoms with E-state index in [1.807, 2.05) is 21.1 Å². The smallest absolute Gasteiger partial charge is 0.306 e. The number of hydrogen-bond acceptors (Lipinski definition) is 8. The molecule has 502 valence electrons. The molecule has 0 aromatic heterocycles. The lowest BCUT2D eigenvalue weighted by molar-refractivity contribution is -0.870. The van der Waals surface area contributed by atoms with E-state index in [9.17, 15) is 19.5 Å². The molecule has 0 amide bonds. The van der Waals surface area contributed by atoms with Crippen LogP contribution in [0.25, 0.3) is 0 Å². The number of carbonyl (C=O) groups excluding carboxylic acids is 3. The van der Waals surface area contributed by atoms with Crippen LogP contribution in [0, 0.1) is 0 Å². The third-order valence-electron chi connectivity index (χ3n) is 16.5. The standard InChI is InChI=1S/C77H141NO8/c1-6-8-10-12-14-16-18-20-22-24-26-28-30-32-34-36-37-38-39-40-42-44-46-48-50-52-54-56-58-60-62-64-66-68-75(80)86-73(72-85-77(76(81)82)83-70-69-78(3,4)5)71-84-74(79)67-65-63-61-59-57-55-53-51-49-47-45-43-41-35-33-31-29-27-25-23-21-19-17-15-13-11-9-7-2/h8,10,14,16,20,22,26,28,32,34,73,77H,6-7,9,11-13,15,17-19,21,23-25,27,29-31,33,35-72H2,1-5H3/b10-8-,16-14-,22-20-,28-26-,34-32-. The van der Waals surface area contributed by atoms with Gasteiger partial charge >= 0.3 is 11.9 Å². The predicted octanol–water partition coefficient (Wildman–Crippen LogP) is 21.8. The summed E-state index contributed by atoms with van der Waals surface area (Å²) in [5.41, 5.74) is 0. The van der Waals surface area contributed by atoms with Gasteiger partial charge in [-0.2, -0.15) is 0 Å². The number of hydrogen-bond donors (Lipinski definition) is 0. The fourth-order valence-corrected chi connectivity index (χ4v) is 10.9. The van der Waals surface area contributed by atoms with Crippen LogP contribution in [0.1, 0.15) is 354 Å². The van der Waals surface area contributed by atoms with Crippen LogP contribution in [0.3, 0.4) is 0 Å². The van der Waals surface area contributed by atoms with Crippen molar-refractivity contribution in [3.05, 3.63) is 60.8 Å². The van der Waals surface area contributed by atoms with E-state index in [-0.39, 0.29) is 32.2 Å². The summed E-state index contributed by atoms with van der Waals surface area (Å²) in [6, 6.07) is 0. The Balaban J connectivity index is 4.04. The molecule has 0 saturated carbocycles. The molecule has 0 aliphatic rings. The number of likely N-dealkylation sites (N-methyl/N-ethyl adjacent to an activating group) is 1. The Morgan fingerprint density at radius 1 is 0.360 bits per heavy atom. The van der Waals surface area contributed by atoms with Crippen molar-refractivity contribution in [1.82, 2.24) is 0 Å². The molecule has 0 fully saturated rings. The van der Waals surface area contributed by atoms with Gasteiger partial charge in [-0.05, 0) is 57.8 Å². The maximum absolute atomic E-state index is 12.9. The van der Waals surface area contributed by atoms with Crippen LogP contribution < -0.4 is 5.11 Å². The number of carbonyl (C=O) groups is 3. The zero-order valence-corrected chi connectivity index (χ0v) is 57.4. The number of rotatable bonds is 69. The number of carboxylic acid groups (broad SMARTS) is 1. The second-order valence-electron chi connectivity index (χ2n) is 26.2. The molecule has 0 rings (SSSR count). The first-order chi connectivity index (χ1) is 42.1. The first-order valence-electron chi connectivity index (χ1n) is 36.9. The second-order valence-corrected chi connectivity index (χ2v) is 26.2. The highest BCUT2D eigenvalue weighted by Gasteiger charge is 2.22. The summed E-state index contributed by atoms with van der Waals surface area (Å²) in [4.78, 5) is 37.5. The van der Waals surface area contributed by atoms with Gasteiger partial charge in [0.05, 0.1) is 40.3 Å². The predicted molar refractivity (Wildman–Crippen MR) is 366 cm³/mol. The van der Waals surface area contributed by atoms with E-state index in [0.29, 0.717) is 23.9 Å². The van der Waals surface area contributed by atoms with Gasteiger partial charge in [0.25, 0.3) is 0 Å². The highest BCUT2D eigenvalue weighted by atomic mass is 16.7. The maximum Gasteiger partial charge on any atom is 0.306 e. The Labute approximate surface area is 533 Å². The van der Waals surface area contributed by atoms with Gasteiger partial charge in [-0.25, -0.2) is 0 Å². The Morgan fingerprint density at radius 2 is 0.663 bits per heavy atom. The van der Waals surface area contributed by atoms with Crippen molar-refractivity contribution in [2.45, 2.75) is 367 Å². The number of unbranched alkanes of at least 4 members (excludes halogenated alkanes) is 44. The first-order valence-corrected chi connectivity index (χ1v) is 36.9. The Morgan fingerprint density at radius 3 is 0.988 bits per heavy atom. The molecule has 0 radical (unpaired) electrons. The molecule has 2 unspecified atom stereocenters.